The Morgan fingerprint density at radius 1 is 1.21 bits per heavy atom. The lowest BCUT2D eigenvalue weighted by Gasteiger charge is -2.24. The van der Waals surface area contributed by atoms with Crippen LogP contribution in [-0.2, 0) is 10.0 Å². The number of rotatable bonds is 8. The van der Waals surface area contributed by atoms with E-state index in [0.29, 0.717) is 12.0 Å². The van der Waals surface area contributed by atoms with Gasteiger partial charge in [0.1, 0.15) is 5.75 Å². The van der Waals surface area contributed by atoms with E-state index in [1.54, 1.807) is 18.2 Å². The van der Waals surface area contributed by atoms with Crippen LogP contribution in [0.15, 0.2) is 24.3 Å². The number of para-hydroxylation sites is 1. The maximum Gasteiger partial charge on any atom is 0.387 e. The van der Waals surface area contributed by atoms with E-state index in [1.807, 2.05) is 6.92 Å². The van der Waals surface area contributed by atoms with Crippen molar-refractivity contribution in [2.45, 2.75) is 58.1 Å². The highest BCUT2D eigenvalue weighted by Crippen LogP contribution is 2.30. The van der Waals surface area contributed by atoms with E-state index in [0.717, 1.165) is 25.7 Å². The zero-order valence-corrected chi connectivity index (χ0v) is 14.7. The first kappa shape index (κ1) is 19.1. The number of nitrogens with one attached hydrogen (secondary N) is 1. The molecule has 0 aliphatic heterocycles. The third-order valence-corrected chi connectivity index (χ3v) is 5.97. The van der Waals surface area contributed by atoms with Crippen LogP contribution in [0.3, 0.4) is 0 Å². The van der Waals surface area contributed by atoms with E-state index in [9.17, 15) is 17.2 Å². The van der Waals surface area contributed by atoms with Crippen LogP contribution in [-0.4, -0.2) is 20.8 Å². The molecule has 0 saturated heterocycles. The second-order valence-corrected chi connectivity index (χ2v) is 8.08. The Morgan fingerprint density at radius 3 is 2.50 bits per heavy atom. The Hall–Kier alpha value is -1.21. The Bertz CT molecular complexity index is 616. The fourth-order valence-electron chi connectivity index (χ4n) is 3.27. The van der Waals surface area contributed by atoms with E-state index in [4.69, 9.17) is 0 Å². The molecular weight excluding hydrogens is 336 g/mol. The van der Waals surface area contributed by atoms with E-state index < -0.39 is 22.7 Å². The first-order valence-electron chi connectivity index (χ1n) is 8.45. The van der Waals surface area contributed by atoms with Crippen molar-refractivity contribution < 1.29 is 21.9 Å². The van der Waals surface area contributed by atoms with E-state index in [1.165, 1.54) is 12.5 Å². The van der Waals surface area contributed by atoms with Crippen molar-refractivity contribution in [3.63, 3.8) is 0 Å². The Balaban J connectivity index is 2.10. The molecular formula is C17H25F2NO3S. The van der Waals surface area contributed by atoms with Crippen LogP contribution in [0.1, 0.15) is 57.1 Å². The van der Waals surface area contributed by atoms with Gasteiger partial charge in [-0.05, 0) is 31.2 Å². The SMILES string of the molecule is CCC(NS(=O)(=O)CC1CCCCC1)c1ccccc1OC(F)F. The Labute approximate surface area is 142 Å². The summed E-state index contributed by atoms with van der Waals surface area (Å²) in [4.78, 5) is 0. The number of sulfonamides is 1. The molecule has 1 unspecified atom stereocenters. The molecule has 4 nitrogen and oxygen atoms in total. The van der Waals surface area contributed by atoms with Crippen molar-refractivity contribution in [3.05, 3.63) is 29.8 Å². The zero-order valence-electron chi connectivity index (χ0n) is 13.9. The summed E-state index contributed by atoms with van der Waals surface area (Å²) < 4.78 is 57.2. The smallest absolute Gasteiger partial charge is 0.387 e. The van der Waals surface area contributed by atoms with Gasteiger partial charge in [0, 0.05) is 5.56 Å². The van der Waals surface area contributed by atoms with Crippen molar-refractivity contribution >= 4 is 10.0 Å². The summed E-state index contributed by atoms with van der Waals surface area (Å²) >= 11 is 0. The third kappa shape index (κ3) is 5.70. The predicted molar refractivity (Wildman–Crippen MR) is 89.6 cm³/mol. The van der Waals surface area contributed by atoms with Gasteiger partial charge in [-0.1, -0.05) is 44.4 Å². The minimum atomic E-state index is -3.48. The van der Waals surface area contributed by atoms with Crippen molar-refractivity contribution in [1.82, 2.24) is 4.72 Å². The lowest BCUT2D eigenvalue weighted by atomic mass is 9.91. The molecule has 7 heteroatoms. The molecule has 0 radical (unpaired) electrons. The molecule has 1 N–H and O–H groups in total. The lowest BCUT2D eigenvalue weighted by molar-refractivity contribution is -0.0506. The molecule has 1 atom stereocenters. The van der Waals surface area contributed by atoms with E-state index >= 15 is 0 Å². The molecule has 2 rings (SSSR count). The van der Waals surface area contributed by atoms with Crippen LogP contribution in [0, 0.1) is 5.92 Å². The van der Waals surface area contributed by atoms with Crippen LogP contribution in [0.25, 0.3) is 0 Å². The fourth-order valence-corrected chi connectivity index (χ4v) is 5.04. The second kappa shape index (κ2) is 8.76. The van der Waals surface area contributed by atoms with Gasteiger partial charge in [-0.3, -0.25) is 0 Å². The van der Waals surface area contributed by atoms with Gasteiger partial charge in [-0.2, -0.15) is 8.78 Å². The molecule has 1 aliphatic carbocycles. The maximum atomic E-state index is 12.6. The topological polar surface area (TPSA) is 55.4 Å². The summed E-state index contributed by atoms with van der Waals surface area (Å²) in [7, 11) is -3.48. The average molecular weight is 361 g/mol. The van der Waals surface area contributed by atoms with Gasteiger partial charge < -0.3 is 4.74 Å². The largest absolute Gasteiger partial charge is 0.434 e. The summed E-state index contributed by atoms with van der Waals surface area (Å²) in [5.74, 6) is 0.294. The molecule has 0 spiro atoms. The number of alkyl halides is 2. The van der Waals surface area contributed by atoms with Crippen molar-refractivity contribution in [3.8, 4) is 5.75 Å². The fraction of sp³-hybridized carbons (Fsp3) is 0.647. The number of halogens is 2. The quantitative estimate of drug-likeness (QED) is 0.753. The summed E-state index contributed by atoms with van der Waals surface area (Å²) in [5, 5.41) is 0. The molecule has 1 aliphatic rings. The first-order chi connectivity index (χ1) is 11.4. The number of ether oxygens (including phenoxy) is 1. The van der Waals surface area contributed by atoms with Gasteiger partial charge in [-0.15, -0.1) is 0 Å². The summed E-state index contributed by atoms with van der Waals surface area (Å²) in [5.41, 5.74) is 0.438. The maximum absolute atomic E-state index is 12.6. The summed E-state index contributed by atoms with van der Waals surface area (Å²) in [6, 6.07) is 5.75. The molecule has 136 valence electrons. The second-order valence-electron chi connectivity index (χ2n) is 6.28. The monoisotopic (exact) mass is 361 g/mol. The van der Waals surface area contributed by atoms with Gasteiger partial charge in [-0.25, -0.2) is 13.1 Å². The molecule has 1 aromatic rings. The average Bonchev–Trinajstić information content (AvgIpc) is 2.53. The van der Waals surface area contributed by atoms with Crippen LogP contribution >= 0.6 is 0 Å². The first-order valence-corrected chi connectivity index (χ1v) is 10.1. The highest BCUT2D eigenvalue weighted by molar-refractivity contribution is 7.89. The number of benzene rings is 1. The van der Waals surface area contributed by atoms with Crippen LogP contribution in [0.2, 0.25) is 0 Å². The highest BCUT2D eigenvalue weighted by Gasteiger charge is 2.25. The van der Waals surface area contributed by atoms with Crippen molar-refractivity contribution in [1.29, 1.82) is 0 Å². The number of hydrogen-bond acceptors (Lipinski definition) is 3. The van der Waals surface area contributed by atoms with Crippen LogP contribution < -0.4 is 9.46 Å². The van der Waals surface area contributed by atoms with Gasteiger partial charge >= 0.3 is 6.61 Å². The molecule has 0 amide bonds. The van der Waals surface area contributed by atoms with Gasteiger partial charge in [0.15, 0.2) is 0 Å². The van der Waals surface area contributed by atoms with E-state index in [2.05, 4.69) is 9.46 Å². The lowest BCUT2D eigenvalue weighted by Crippen LogP contribution is -2.33. The van der Waals surface area contributed by atoms with Crippen molar-refractivity contribution in [2.75, 3.05) is 5.75 Å². The van der Waals surface area contributed by atoms with Gasteiger partial charge in [0.2, 0.25) is 10.0 Å². The van der Waals surface area contributed by atoms with Gasteiger partial charge in [0.05, 0.1) is 11.8 Å². The molecule has 24 heavy (non-hydrogen) atoms. The molecule has 1 saturated carbocycles. The predicted octanol–water partition coefficient (Wildman–Crippen LogP) is 4.24. The number of hydrogen-bond donors (Lipinski definition) is 1. The van der Waals surface area contributed by atoms with Gasteiger partial charge in [0.25, 0.3) is 0 Å². The summed E-state index contributed by atoms with van der Waals surface area (Å²) in [6.45, 7) is -1.13. The molecule has 0 heterocycles. The van der Waals surface area contributed by atoms with E-state index in [-0.39, 0.29) is 17.4 Å². The Kier molecular flexibility index (Phi) is 6.98. The Morgan fingerprint density at radius 2 is 1.88 bits per heavy atom. The molecule has 0 aromatic heterocycles. The summed E-state index contributed by atoms with van der Waals surface area (Å²) in [6.07, 6.45) is 5.63. The minimum Gasteiger partial charge on any atom is -0.434 e. The molecule has 1 aromatic carbocycles. The zero-order chi connectivity index (χ0) is 17.6. The van der Waals surface area contributed by atoms with Crippen molar-refractivity contribution in [2.24, 2.45) is 5.92 Å². The molecule has 1 fully saturated rings. The molecule has 0 bridgehead atoms. The third-order valence-electron chi connectivity index (χ3n) is 4.42. The standard InChI is InChI=1S/C17H25F2NO3S/c1-2-15(14-10-6-7-11-16(14)23-17(18)19)20-24(21,22)12-13-8-4-3-5-9-13/h6-7,10-11,13,15,17,20H,2-5,8-9,12H2,1H3. The highest BCUT2D eigenvalue weighted by atomic mass is 32.2. The minimum absolute atomic E-state index is 0.0136. The van der Waals surface area contributed by atoms with Crippen LogP contribution in [0.4, 0.5) is 8.78 Å². The van der Waals surface area contributed by atoms with Crippen LogP contribution in [0.5, 0.6) is 5.75 Å². The normalized spacial score (nSPS) is 17.8.